The summed E-state index contributed by atoms with van der Waals surface area (Å²) in [7, 11) is 1.63. The van der Waals surface area contributed by atoms with E-state index in [1.165, 1.54) is 6.92 Å². The molecule has 4 nitrogen and oxygen atoms in total. The van der Waals surface area contributed by atoms with Crippen LogP contribution in [0.15, 0.2) is 46.9 Å². The van der Waals surface area contributed by atoms with E-state index < -0.39 is 0 Å². The first kappa shape index (κ1) is 15.4. The van der Waals surface area contributed by atoms with Crippen molar-refractivity contribution in [2.24, 2.45) is 0 Å². The zero-order valence-electron chi connectivity index (χ0n) is 11.9. The predicted molar refractivity (Wildman–Crippen MR) is 88.8 cm³/mol. The van der Waals surface area contributed by atoms with Crippen molar-refractivity contribution in [2.45, 2.75) is 13.5 Å². The van der Waals surface area contributed by atoms with Crippen molar-refractivity contribution >= 4 is 33.2 Å². The number of carbonyl (C=O) groups is 1. The lowest BCUT2D eigenvalue weighted by atomic mass is 10.1. The lowest BCUT2D eigenvalue weighted by Crippen LogP contribution is -2.10. The van der Waals surface area contributed by atoms with E-state index in [4.69, 9.17) is 4.74 Å². The molecule has 0 radical (unpaired) electrons. The van der Waals surface area contributed by atoms with Crippen LogP contribution in [-0.4, -0.2) is 13.0 Å². The van der Waals surface area contributed by atoms with Crippen LogP contribution in [0.25, 0.3) is 0 Å². The summed E-state index contributed by atoms with van der Waals surface area (Å²) < 4.78 is 6.18. The van der Waals surface area contributed by atoms with Crippen LogP contribution in [0.5, 0.6) is 5.75 Å². The smallest absolute Gasteiger partial charge is 0.221 e. The van der Waals surface area contributed by atoms with Gasteiger partial charge in [0, 0.05) is 30.9 Å². The molecule has 0 aliphatic carbocycles. The Kier molecular flexibility index (Phi) is 5.22. The molecule has 0 spiro atoms. The van der Waals surface area contributed by atoms with Crippen LogP contribution >= 0.6 is 15.9 Å². The molecule has 0 aliphatic heterocycles. The van der Waals surface area contributed by atoms with Crippen LogP contribution in [0, 0.1) is 0 Å². The summed E-state index contributed by atoms with van der Waals surface area (Å²) in [6, 6.07) is 13.5. The van der Waals surface area contributed by atoms with Gasteiger partial charge in [-0.05, 0) is 39.7 Å². The minimum Gasteiger partial charge on any atom is -0.495 e. The molecule has 2 aromatic rings. The van der Waals surface area contributed by atoms with E-state index in [9.17, 15) is 4.79 Å². The van der Waals surface area contributed by atoms with Crippen molar-refractivity contribution in [1.82, 2.24) is 0 Å². The fourth-order valence-corrected chi connectivity index (χ4v) is 2.36. The second kappa shape index (κ2) is 7.13. The molecule has 21 heavy (non-hydrogen) atoms. The minimum atomic E-state index is -0.0761. The molecule has 0 saturated carbocycles. The van der Waals surface area contributed by atoms with Gasteiger partial charge in [-0.25, -0.2) is 0 Å². The maximum absolute atomic E-state index is 11.2. The highest BCUT2D eigenvalue weighted by atomic mass is 79.9. The average molecular weight is 349 g/mol. The fourth-order valence-electron chi connectivity index (χ4n) is 1.95. The highest BCUT2D eigenvalue weighted by Crippen LogP contribution is 2.28. The monoisotopic (exact) mass is 348 g/mol. The number of hydrogen-bond acceptors (Lipinski definition) is 3. The molecule has 0 unspecified atom stereocenters. The van der Waals surface area contributed by atoms with Crippen molar-refractivity contribution in [3.8, 4) is 5.75 Å². The van der Waals surface area contributed by atoms with Crippen LogP contribution < -0.4 is 15.4 Å². The van der Waals surface area contributed by atoms with Crippen LogP contribution in [0.3, 0.4) is 0 Å². The molecule has 0 saturated heterocycles. The number of benzene rings is 2. The normalized spacial score (nSPS) is 10.0. The van der Waals surface area contributed by atoms with Gasteiger partial charge in [-0.2, -0.15) is 0 Å². The summed E-state index contributed by atoms with van der Waals surface area (Å²) in [6.07, 6.45) is 0. The van der Waals surface area contributed by atoms with Crippen LogP contribution in [-0.2, 0) is 11.3 Å². The molecule has 110 valence electrons. The Morgan fingerprint density at radius 3 is 2.71 bits per heavy atom. The average Bonchev–Trinajstić information content (AvgIpc) is 2.47. The Bertz CT molecular complexity index is 644. The largest absolute Gasteiger partial charge is 0.495 e. The number of amides is 1. The lowest BCUT2D eigenvalue weighted by molar-refractivity contribution is -0.114. The van der Waals surface area contributed by atoms with Crippen LogP contribution in [0.1, 0.15) is 12.5 Å². The van der Waals surface area contributed by atoms with E-state index in [1.54, 1.807) is 7.11 Å². The minimum absolute atomic E-state index is 0.0761. The number of nitrogens with one attached hydrogen (secondary N) is 2. The molecular weight excluding hydrogens is 332 g/mol. The number of para-hydroxylation sites is 1. The zero-order valence-corrected chi connectivity index (χ0v) is 13.5. The van der Waals surface area contributed by atoms with E-state index in [2.05, 4.69) is 26.6 Å². The molecule has 5 heteroatoms. The predicted octanol–water partition coefficient (Wildman–Crippen LogP) is 4.03. The number of rotatable bonds is 5. The highest BCUT2D eigenvalue weighted by molar-refractivity contribution is 9.10. The third-order valence-corrected chi connectivity index (χ3v) is 3.62. The molecule has 0 atom stereocenters. The lowest BCUT2D eigenvalue weighted by Gasteiger charge is -2.13. The molecule has 2 rings (SSSR count). The number of hydrogen-bond donors (Lipinski definition) is 2. The van der Waals surface area contributed by atoms with Crippen molar-refractivity contribution in [2.75, 3.05) is 17.7 Å². The Morgan fingerprint density at radius 1 is 1.24 bits per heavy atom. The number of carbonyl (C=O) groups excluding carboxylic acids is 1. The first-order chi connectivity index (χ1) is 10.1. The Labute approximate surface area is 132 Å². The topological polar surface area (TPSA) is 50.4 Å². The molecule has 1 amide bonds. The number of halogens is 1. The van der Waals surface area contributed by atoms with Gasteiger partial charge >= 0.3 is 0 Å². The summed E-state index contributed by atoms with van der Waals surface area (Å²) >= 11 is 3.43. The maximum atomic E-state index is 11.2. The third-order valence-electron chi connectivity index (χ3n) is 2.96. The van der Waals surface area contributed by atoms with Gasteiger partial charge in [-0.1, -0.05) is 18.2 Å². The molecule has 2 aromatic carbocycles. The van der Waals surface area contributed by atoms with Gasteiger partial charge in [-0.3, -0.25) is 4.79 Å². The Hall–Kier alpha value is -2.01. The first-order valence-electron chi connectivity index (χ1n) is 6.53. The molecule has 0 aliphatic rings. The van der Waals surface area contributed by atoms with E-state index in [0.29, 0.717) is 6.54 Å². The molecule has 0 fully saturated rings. The van der Waals surface area contributed by atoms with Crippen LogP contribution in [0.4, 0.5) is 11.4 Å². The van der Waals surface area contributed by atoms with E-state index in [-0.39, 0.29) is 5.91 Å². The summed E-state index contributed by atoms with van der Waals surface area (Å²) in [4.78, 5) is 11.2. The first-order valence-corrected chi connectivity index (χ1v) is 7.32. The van der Waals surface area contributed by atoms with E-state index in [1.807, 2.05) is 42.5 Å². The van der Waals surface area contributed by atoms with Crippen LogP contribution in [0.2, 0.25) is 0 Å². The molecule has 0 bridgehead atoms. The Morgan fingerprint density at radius 2 is 2.00 bits per heavy atom. The van der Waals surface area contributed by atoms with Gasteiger partial charge in [-0.15, -0.1) is 0 Å². The summed E-state index contributed by atoms with van der Waals surface area (Å²) in [5.74, 6) is 0.697. The fraction of sp³-hybridized carbons (Fsp3) is 0.188. The summed E-state index contributed by atoms with van der Waals surface area (Å²) in [5, 5.41) is 6.15. The molecular formula is C16H17BrN2O2. The third kappa shape index (κ3) is 4.23. The zero-order chi connectivity index (χ0) is 15.2. The summed E-state index contributed by atoms with van der Waals surface area (Å²) in [6.45, 7) is 2.12. The molecule has 0 heterocycles. The second-order valence-electron chi connectivity index (χ2n) is 4.54. The van der Waals surface area contributed by atoms with Gasteiger partial charge in [0.1, 0.15) is 5.75 Å². The van der Waals surface area contributed by atoms with Gasteiger partial charge in [0.25, 0.3) is 0 Å². The van der Waals surface area contributed by atoms with Crippen molar-refractivity contribution in [1.29, 1.82) is 0 Å². The van der Waals surface area contributed by atoms with Gasteiger partial charge < -0.3 is 15.4 Å². The van der Waals surface area contributed by atoms with Gasteiger partial charge in [0.05, 0.1) is 11.6 Å². The van der Waals surface area contributed by atoms with Crippen molar-refractivity contribution in [3.05, 3.63) is 52.5 Å². The van der Waals surface area contributed by atoms with E-state index >= 15 is 0 Å². The number of ether oxygens (including phenoxy) is 1. The summed E-state index contributed by atoms with van der Waals surface area (Å²) in [5.41, 5.74) is 2.80. The SMILES string of the molecule is COc1cc(NCc2ccccc2NC(C)=O)ccc1Br. The van der Waals surface area contributed by atoms with E-state index in [0.717, 1.165) is 27.2 Å². The second-order valence-corrected chi connectivity index (χ2v) is 5.40. The van der Waals surface area contributed by atoms with Crippen molar-refractivity contribution in [3.63, 3.8) is 0 Å². The number of anilines is 2. The number of methoxy groups -OCH3 is 1. The quantitative estimate of drug-likeness (QED) is 0.857. The highest BCUT2D eigenvalue weighted by Gasteiger charge is 2.05. The standard InChI is InChI=1S/C16H17BrN2O2/c1-11(20)19-15-6-4-3-5-12(15)10-18-13-7-8-14(17)16(9-13)21-2/h3-9,18H,10H2,1-2H3,(H,19,20). The van der Waals surface area contributed by atoms with Gasteiger partial charge in [0.15, 0.2) is 0 Å². The molecule has 2 N–H and O–H groups in total. The maximum Gasteiger partial charge on any atom is 0.221 e. The van der Waals surface area contributed by atoms with Gasteiger partial charge in [0.2, 0.25) is 5.91 Å². The molecule has 0 aromatic heterocycles. The Balaban J connectivity index is 2.11. The van der Waals surface area contributed by atoms with Crippen molar-refractivity contribution < 1.29 is 9.53 Å².